The summed E-state index contributed by atoms with van der Waals surface area (Å²) in [4.78, 5) is 25.6. The van der Waals surface area contributed by atoms with E-state index in [1.54, 1.807) is 14.2 Å². The summed E-state index contributed by atoms with van der Waals surface area (Å²) in [6.07, 6.45) is 1.92. The third kappa shape index (κ3) is 13.2. The van der Waals surface area contributed by atoms with Gasteiger partial charge >= 0.3 is 0 Å². The van der Waals surface area contributed by atoms with Gasteiger partial charge in [-0.1, -0.05) is 115 Å². The second-order valence-corrected chi connectivity index (χ2v) is 24.7. The molecule has 8 aromatic carbocycles. The molecular formula is C58H60ClO6P3-2. The van der Waals surface area contributed by atoms with Crippen LogP contribution in [-0.4, -0.2) is 14.2 Å². The molecule has 68 heavy (non-hydrogen) atoms. The molecule has 0 aliphatic carbocycles. The highest BCUT2D eigenvalue weighted by Gasteiger charge is 2.49. The highest BCUT2D eigenvalue weighted by atomic mass is 35.5. The Morgan fingerprint density at radius 3 is 0.985 bits per heavy atom. The summed E-state index contributed by atoms with van der Waals surface area (Å²) in [6, 6.07) is 71.3. The van der Waals surface area contributed by atoms with E-state index in [4.69, 9.17) is 28.7 Å². The van der Waals surface area contributed by atoms with Crippen LogP contribution in [0.4, 0.5) is 0 Å². The first kappa shape index (κ1) is 53.6. The summed E-state index contributed by atoms with van der Waals surface area (Å²) >= 11 is 0. The molecule has 8 aromatic rings. The van der Waals surface area contributed by atoms with Crippen LogP contribution in [0, 0.1) is 41.5 Å². The fourth-order valence-electron chi connectivity index (χ4n) is 9.03. The van der Waals surface area contributed by atoms with Crippen LogP contribution in [0.5, 0.6) is 11.5 Å². The first-order valence-corrected chi connectivity index (χ1v) is 27.6. The average Bonchev–Trinajstić information content (AvgIpc) is 3.30. The number of rotatable bonds is 12. The number of hydrogen-bond acceptors (Lipinski definition) is 6. The number of aryl methyl sites for hydroxylation is 6. The van der Waals surface area contributed by atoms with Crippen LogP contribution in [0.1, 0.15) is 44.5 Å². The average molecular weight is 981 g/mol. The lowest BCUT2D eigenvalue weighted by Gasteiger charge is -2.36. The maximum Gasteiger partial charge on any atom is 0.119 e. The van der Waals surface area contributed by atoms with Crippen molar-refractivity contribution in [2.75, 3.05) is 14.2 Å². The van der Waals surface area contributed by atoms with Gasteiger partial charge in [0.2, 0.25) is 0 Å². The predicted molar refractivity (Wildman–Crippen MR) is 280 cm³/mol. The Hall–Kier alpha value is -5.38. The van der Waals surface area contributed by atoms with E-state index < -0.39 is 22.3 Å². The quantitative estimate of drug-likeness (QED) is 0.131. The maximum absolute atomic E-state index is 8.55. The second kappa shape index (κ2) is 24.3. The number of benzene rings is 8. The summed E-state index contributed by atoms with van der Waals surface area (Å²) in [6.45, 7) is 13.3. The van der Waals surface area contributed by atoms with Crippen LogP contribution in [0.15, 0.2) is 194 Å². The van der Waals surface area contributed by atoms with Gasteiger partial charge in [-0.05, 0) is 165 Å². The molecule has 0 atom stereocenters. The van der Waals surface area contributed by atoms with Crippen molar-refractivity contribution in [1.82, 2.24) is 0 Å². The molecule has 6 nitrogen and oxygen atoms in total. The van der Waals surface area contributed by atoms with E-state index in [2.05, 4.69) is 224 Å². The maximum atomic E-state index is 8.55. The minimum absolute atomic E-state index is 0. The van der Waals surface area contributed by atoms with E-state index in [1.807, 2.05) is 12.1 Å². The van der Waals surface area contributed by atoms with Crippen molar-refractivity contribution in [3.05, 3.63) is 239 Å². The van der Waals surface area contributed by atoms with Crippen molar-refractivity contribution < 1.29 is 41.1 Å². The smallest absolute Gasteiger partial charge is 0.119 e. The van der Waals surface area contributed by atoms with E-state index in [1.165, 1.54) is 76.3 Å². The van der Waals surface area contributed by atoms with Gasteiger partial charge in [0.25, 0.3) is 0 Å². The van der Waals surface area contributed by atoms with Gasteiger partial charge in [0, 0.05) is 0 Å². The predicted octanol–water partition coefficient (Wildman–Crippen LogP) is 6.41. The summed E-state index contributed by atoms with van der Waals surface area (Å²) in [7, 11) is -5.82. The molecule has 0 saturated carbocycles. The Morgan fingerprint density at radius 2 is 0.691 bits per heavy atom. The zero-order valence-corrected chi connectivity index (χ0v) is 43.5. The van der Waals surface area contributed by atoms with Crippen LogP contribution in [0.25, 0.3) is 0 Å². The van der Waals surface area contributed by atoms with Gasteiger partial charge in [-0.3, -0.25) is 0 Å². The Balaban J connectivity index is 0.000000228. The fourth-order valence-corrected chi connectivity index (χ4v) is 18.6. The molecular weight excluding hydrogens is 921 g/mol. The second-order valence-electron chi connectivity index (χ2n) is 17.0. The van der Waals surface area contributed by atoms with Gasteiger partial charge in [0.15, 0.2) is 0 Å². The van der Waals surface area contributed by atoms with Crippen molar-refractivity contribution in [3.63, 3.8) is 0 Å². The van der Waals surface area contributed by atoms with Crippen molar-refractivity contribution in [2.45, 2.75) is 53.9 Å². The van der Waals surface area contributed by atoms with E-state index in [-0.39, 0.29) is 12.4 Å². The fraction of sp³-hybridized carbons (Fsp3) is 0.172. The molecule has 352 valence electrons. The largest absolute Gasteiger partial charge is 1.00 e. The highest BCUT2D eigenvalue weighted by molar-refractivity contribution is 7.95. The summed E-state index contributed by atoms with van der Waals surface area (Å²) in [5.41, 5.74) is 10.6. The molecule has 0 radical (unpaired) electrons. The van der Waals surface area contributed by atoms with Crippen molar-refractivity contribution in [1.29, 1.82) is 0 Å². The van der Waals surface area contributed by atoms with Crippen LogP contribution in [0.2, 0.25) is 0 Å². The normalized spacial score (nSPS) is 11.2. The van der Waals surface area contributed by atoms with Crippen molar-refractivity contribution >= 4 is 54.2 Å². The summed E-state index contributed by atoms with van der Waals surface area (Å²) in [5, 5.41) is 8.65. The third-order valence-electron chi connectivity index (χ3n) is 12.0. The van der Waals surface area contributed by atoms with Gasteiger partial charge in [0.05, 0.1) is 26.5 Å². The van der Waals surface area contributed by atoms with Gasteiger partial charge in [0.1, 0.15) is 57.9 Å². The minimum atomic E-state index is -5.39. The SMILES string of the molecule is COc1cccc(C[P+](c2cccc(C)c2)(c2cccc(C)c2)c2cccc(C)c2)c1.COc1cccc(C[P+](c2ccccc2C)(c2ccccc2C)c2ccccc2C)c1.O=P([O-])([O-])[O-].[Cl-]. The van der Waals surface area contributed by atoms with E-state index >= 15 is 0 Å². The number of phosphoric acid groups is 1. The van der Waals surface area contributed by atoms with Crippen molar-refractivity contribution in [3.8, 4) is 11.5 Å². The Kier molecular flexibility index (Phi) is 19.1. The lowest BCUT2D eigenvalue weighted by molar-refractivity contribution is -0.432. The molecule has 0 fully saturated rings. The number of hydrogen-bond donors (Lipinski definition) is 0. The zero-order valence-electron chi connectivity index (χ0n) is 40.1. The molecule has 0 aromatic heterocycles. The van der Waals surface area contributed by atoms with Gasteiger partial charge in [-0.25, -0.2) is 0 Å². The van der Waals surface area contributed by atoms with Crippen LogP contribution < -0.4 is 68.4 Å². The molecule has 0 bridgehead atoms. The molecule has 8 rings (SSSR count). The molecule has 0 aliphatic rings. The molecule has 0 spiro atoms. The molecule has 0 heterocycles. The van der Waals surface area contributed by atoms with Gasteiger partial charge in [-0.2, -0.15) is 7.82 Å². The lowest BCUT2D eigenvalue weighted by atomic mass is 10.2. The molecule has 0 saturated heterocycles. The topological polar surface area (TPSA) is 105 Å². The number of ether oxygens (including phenoxy) is 2. The molecule has 0 aliphatic heterocycles. The molecule has 0 unspecified atom stereocenters. The minimum Gasteiger partial charge on any atom is -1.00 e. The Labute approximate surface area is 411 Å². The van der Waals surface area contributed by atoms with E-state index in [9.17, 15) is 0 Å². The summed E-state index contributed by atoms with van der Waals surface area (Å²) in [5.74, 6) is 1.82. The Bertz CT molecular complexity index is 2740. The van der Waals surface area contributed by atoms with Gasteiger partial charge < -0.3 is 41.1 Å². The first-order valence-electron chi connectivity index (χ1n) is 22.2. The van der Waals surface area contributed by atoms with E-state index in [0.717, 1.165) is 23.8 Å². The standard InChI is InChI=1S/2C29H30OP.ClH.H3O4P/c1-22-9-5-14-27(17-22)31(28-15-6-10-23(2)18-28,29-16-7-11-24(3)19-29)21-25-12-8-13-26(20-25)30-4;1-22-12-5-8-17-27(22)31(28-18-9-6-13-23(28)2,29-19-10-7-14-24(29)3)21-25-15-11-16-26(20-25)30-4;;1-5(2,3)4/h2*5-20H,21H2,1-4H3;1H;(H3,1,2,3,4)/q2*+1;;/p-4. The lowest BCUT2D eigenvalue weighted by Crippen LogP contribution is -3.00. The number of methoxy groups -OCH3 is 2. The first-order chi connectivity index (χ1) is 32.1. The summed E-state index contributed by atoms with van der Waals surface area (Å²) < 4.78 is 19.7. The number of halogens is 1. The molecule has 0 N–H and O–H groups in total. The van der Waals surface area contributed by atoms with Crippen LogP contribution in [0.3, 0.4) is 0 Å². The Morgan fingerprint density at radius 1 is 0.397 bits per heavy atom. The zero-order chi connectivity index (χ0) is 48.2. The van der Waals surface area contributed by atoms with Crippen molar-refractivity contribution in [2.24, 2.45) is 0 Å². The van der Waals surface area contributed by atoms with Crippen LogP contribution >= 0.6 is 22.3 Å². The van der Waals surface area contributed by atoms with E-state index in [0.29, 0.717) is 0 Å². The molecule has 0 amide bonds. The monoisotopic (exact) mass is 980 g/mol. The molecule has 10 heteroatoms. The third-order valence-corrected chi connectivity index (χ3v) is 21.1. The highest BCUT2D eigenvalue weighted by Crippen LogP contribution is 2.61. The van der Waals surface area contributed by atoms with Crippen LogP contribution in [-0.2, 0) is 16.9 Å². The van der Waals surface area contributed by atoms with Gasteiger partial charge in [-0.15, -0.1) is 0 Å².